The molecule has 0 bridgehead atoms. The van der Waals surface area contributed by atoms with Crippen molar-refractivity contribution in [3.05, 3.63) is 23.8 Å². The molecule has 0 aromatic carbocycles. The largest absolute Gasteiger partial charge is 0.463 e. The van der Waals surface area contributed by atoms with Crippen LogP contribution in [0.15, 0.2) is 12.4 Å². The molecule has 1 heterocycles. The van der Waals surface area contributed by atoms with Gasteiger partial charge in [-0.05, 0) is 0 Å². The third-order valence-corrected chi connectivity index (χ3v) is 1.51. The average Bonchev–Trinajstić information content (AvgIpc) is 2.35. The van der Waals surface area contributed by atoms with Gasteiger partial charge >= 0.3 is 11.9 Å². The van der Waals surface area contributed by atoms with Crippen molar-refractivity contribution in [2.24, 2.45) is 0 Å². The maximum atomic E-state index is 11.0. The second-order valence-corrected chi connectivity index (χ2v) is 2.53. The third-order valence-electron chi connectivity index (χ3n) is 1.51. The van der Waals surface area contributed by atoms with Gasteiger partial charge in [-0.15, -0.1) is 0 Å². The highest BCUT2D eigenvalue weighted by molar-refractivity contribution is 5.89. The van der Waals surface area contributed by atoms with Crippen molar-refractivity contribution < 1.29 is 19.1 Å². The molecular formula is C10H8N2O4. The van der Waals surface area contributed by atoms with E-state index in [-0.39, 0.29) is 5.82 Å². The van der Waals surface area contributed by atoms with Gasteiger partial charge < -0.3 is 9.47 Å². The minimum atomic E-state index is -0.656. The highest BCUT2D eigenvalue weighted by Gasteiger charge is 2.07. The van der Waals surface area contributed by atoms with E-state index < -0.39 is 11.9 Å². The van der Waals surface area contributed by atoms with Gasteiger partial charge in [0.15, 0.2) is 0 Å². The second kappa shape index (κ2) is 5.46. The minimum absolute atomic E-state index is 0.0638. The molecular weight excluding hydrogens is 212 g/mol. The zero-order valence-corrected chi connectivity index (χ0v) is 8.68. The Balaban J connectivity index is 2.82. The lowest BCUT2D eigenvalue weighted by atomic mass is 10.3. The van der Waals surface area contributed by atoms with Crippen LogP contribution in [0.5, 0.6) is 0 Å². The van der Waals surface area contributed by atoms with Crippen LogP contribution in [0.2, 0.25) is 0 Å². The number of methoxy groups -OCH3 is 2. The van der Waals surface area contributed by atoms with Crippen LogP contribution in [0, 0.1) is 11.8 Å². The monoisotopic (exact) mass is 220 g/mol. The first-order valence-corrected chi connectivity index (χ1v) is 4.17. The Labute approximate surface area is 91.6 Å². The molecule has 0 saturated heterocycles. The van der Waals surface area contributed by atoms with E-state index in [1.165, 1.54) is 26.6 Å². The second-order valence-electron chi connectivity index (χ2n) is 2.53. The number of hydrogen-bond donors (Lipinski definition) is 0. The van der Waals surface area contributed by atoms with Gasteiger partial charge in [-0.2, -0.15) is 0 Å². The quantitative estimate of drug-likeness (QED) is 0.481. The molecule has 0 fully saturated rings. The van der Waals surface area contributed by atoms with E-state index in [2.05, 4.69) is 31.3 Å². The number of aromatic nitrogens is 2. The average molecular weight is 220 g/mol. The summed E-state index contributed by atoms with van der Waals surface area (Å²) >= 11 is 0. The first-order chi connectivity index (χ1) is 7.67. The molecule has 0 aliphatic rings. The first-order valence-electron chi connectivity index (χ1n) is 4.17. The van der Waals surface area contributed by atoms with Gasteiger partial charge in [-0.25, -0.2) is 19.6 Å². The van der Waals surface area contributed by atoms with E-state index in [0.717, 1.165) is 0 Å². The smallest absolute Gasteiger partial charge is 0.384 e. The van der Waals surface area contributed by atoms with Crippen LogP contribution in [0.3, 0.4) is 0 Å². The summed E-state index contributed by atoms with van der Waals surface area (Å²) in [4.78, 5) is 29.1. The summed E-state index contributed by atoms with van der Waals surface area (Å²) in [6.45, 7) is 0. The van der Waals surface area contributed by atoms with E-state index in [9.17, 15) is 9.59 Å². The number of nitrogens with zero attached hydrogens (tertiary/aromatic N) is 2. The van der Waals surface area contributed by atoms with Crippen molar-refractivity contribution in [3.8, 4) is 11.8 Å². The molecule has 0 aliphatic heterocycles. The fourth-order valence-electron chi connectivity index (χ4n) is 0.764. The molecule has 82 valence electrons. The van der Waals surface area contributed by atoms with Crippen LogP contribution in [0.1, 0.15) is 16.2 Å². The highest BCUT2D eigenvalue weighted by atomic mass is 16.5. The van der Waals surface area contributed by atoms with Crippen molar-refractivity contribution in [2.45, 2.75) is 0 Å². The fourth-order valence-corrected chi connectivity index (χ4v) is 0.764. The molecule has 0 saturated carbocycles. The van der Waals surface area contributed by atoms with Crippen LogP contribution in [0.4, 0.5) is 0 Å². The molecule has 1 aromatic rings. The fraction of sp³-hybridized carbons (Fsp3) is 0.200. The number of carbonyl (C=O) groups is 2. The van der Waals surface area contributed by atoms with Crippen LogP contribution >= 0.6 is 0 Å². The van der Waals surface area contributed by atoms with Crippen molar-refractivity contribution in [1.29, 1.82) is 0 Å². The molecule has 0 aliphatic carbocycles. The Bertz CT molecular complexity index is 456. The molecule has 6 nitrogen and oxygen atoms in total. The maximum Gasteiger partial charge on any atom is 0.384 e. The lowest BCUT2D eigenvalue weighted by molar-refractivity contribution is -0.133. The summed E-state index contributed by atoms with van der Waals surface area (Å²) in [5.74, 6) is 3.33. The number of carbonyl (C=O) groups excluding carboxylic acids is 2. The van der Waals surface area contributed by atoms with Crippen molar-refractivity contribution in [3.63, 3.8) is 0 Å². The molecule has 0 radical (unpaired) electrons. The van der Waals surface area contributed by atoms with Crippen molar-refractivity contribution in [2.75, 3.05) is 14.2 Å². The Morgan fingerprint density at radius 2 is 1.81 bits per heavy atom. The van der Waals surface area contributed by atoms with Gasteiger partial charge in [0.25, 0.3) is 0 Å². The number of ether oxygens (including phenoxy) is 2. The van der Waals surface area contributed by atoms with Gasteiger partial charge in [0, 0.05) is 18.3 Å². The first kappa shape index (κ1) is 11.7. The topological polar surface area (TPSA) is 78.4 Å². The van der Waals surface area contributed by atoms with Crippen LogP contribution < -0.4 is 0 Å². The highest BCUT2D eigenvalue weighted by Crippen LogP contribution is 1.95. The predicted octanol–water partition coefficient (Wildman–Crippen LogP) is -0.212. The Morgan fingerprint density at radius 3 is 2.31 bits per heavy atom. The number of esters is 2. The SMILES string of the molecule is COC(=O)C#Cc1cnc(C(=O)OC)nc1. The van der Waals surface area contributed by atoms with Crippen LogP contribution in [-0.4, -0.2) is 36.1 Å². The molecule has 0 amide bonds. The lowest BCUT2D eigenvalue weighted by Crippen LogP contribution is -2.06. The normalized spacial score (nSPS) is 8.62. The summed E-state index contributed by atoms with van der Waals surface area (Å²) in [6.07, 6.45) is 2.63. The van der Waals surface area contributed by atoms with Crippen molar-refractivity contribution in [1.82, 2.24) is 9.97 Å². The van der Waals surface area contributed by atoms with Gasteiger partial charge in [-0.1, -0.05) is 5.92 Å². The summed E-state index contributed by atoms with van der Waals surface area (Å²) in [6, 6.07) is 0. The molecule has 0 spiro atoms. The summed E-state index contributed by atoms with van der Waals surface area (Å²) in [5, 5.41) is 0. The zero-order chi connectivity index (χ0) is 12.0. The molecule has 0 atom stereocenters. The summed E-state index contributed by atoms with van der Waals surface area (Å²) < 4.78 is 8.74. The molecule has 16 heavy (non-hydrogen) atoms. The zero-order valence-electron chi connectivity index (χ0n) is 8.68. The molecule has 6 heteroatoms. The van der Waals surface area contributed by atoms with Gasteiger partial charge in [0.05, 0.1) is 19.8 Å². The van der Waals surface area contributed by atoms with Gasteiger partial charge in [0.2, 0.25) is 5.82 Å². The predicted molar refractivity (Wildman–Crippen MR) is 52.3 cm³/mol. The summed E-state index contributed by atoms with van der Waals surface area (Å²) in [5.41, 5.74) is 0.401. The Morgan fingerprint density at radius 1 is 1.19 bits per heavy atom. The van der Waals surface area contributed by atoms with Gasteiger partial charge in [-0.3, -0.25) is 0 Å². The molecule has 1 rings (SSSR count). The number of hydrogen-bond acceptors (Lipinski definition) is 6. The number of rotatable bonds is 1. The van der Waals surface area contributed by atoms with Crippen LogP contribution in [0.25, 0.3) is 0 Å². The van der Waals surface area contributed by atoms with E-state index in [0.29, 0.717) is 5.56 Å². The van der Waals surface area contributed by atoms with E-state index >= 15 is 0 Å². The van der Waals surface area contributed by atoms with Crippen molar-refractivity contribution >= 4 is 11.9 Å². The van der Waals surface area contributed by atoms with Gasteiger partial charge in [0.1, 0.15) is 0 Å². The maximum absolute atomic E-state index is 11.0. The van der Waals surface area contributed by atoms with E-state index in [1.807, 2.05) is 0 Å². The minimum Gasteiger partial charge on any atom is -0.463 e. The third kappa shape index (κ3) is 3.06. The van der Waals surface area contributed by atoms with E-state index in [4.69, 9.17) is 0 Å². The summed E-state index contributed by atoms with van der Waals surface area (Å²) in [7, 11) is 2.46. The Kier molecular flexibility index (Phi) is 3.98. The van der Waals surface area contributed by atoms with E-state index in [1.54, 1.807) is 0 Å². The lowest BCUT2D eigenvalue weighted by Gasteiger charge is -1.95. The molecule has 0 unspecified atom stereocenters. The van der Waals surface area contributed by atoms with Crippen LogP contribution in [-0.2, 0) is 14.3 Å². The standard InChI is InChI=1S/C10H8N2O4/c1-15-8(13)4-3-7-5-11-9(12-6-7)10(14)16-2/h5-6H,1-2H3. The molecule has 0 N–H and O–H groups in total. The molecule has 1 aromatic heterocycles. The Hall–Kier alpha value is -2.42.